The van der Waals surface area contributed by atoms with Gasteiger partial charge in [0.25, 0.3) is 6.43 Å². The number of rotatable bonds is 1. The van der Waals surface area contributed by atoms with Gasteiger partial charge in [0, 0.05) is 14.1 Å². The van der Waals surface area contributed by atoms with Crippen LogP contribution in [0.5, 0.6) is 5.88 Å². The molecule has 0 saturated heterocycles. The van der Waals surface area contributed by atoms with E-state index in [0.717, 1.165) is 0 Å². The van der Waals surface area contributed by atoms with E-state index >= 15 is 0 Å². The number of aromatic nitrogens is 4. The molecule has 0 saturated carbocycles. The Kier molecular flexibility index (Phi) is 2.54. The molecule has 0 amide bonds. The van der Waals surface area contributed by atoms with E-state index in [0.29, 0.717) is 28.6 Å². The summed E-state index contributed by atoms with van der Waals surface area (Å²) in [5.74, 6) is 1.26. The van der Waals surface area contributed by atoms with Crippen LogP contribution in [0, 0.1) is 6.92 Å². The topological polar surface area (TPSA) is 56.1 Å². The molecule has 0 spiro atoms. The first-order chi connectivity index (χ1) is 8.99. The lowest BCUT2D eigenvalue weighted by Crippen LogP contribution is -2.42. The fraction of sp³-hybridized carbons (Fsp3) is 0.545. The number of aryl methyl sites for hydroxylation is 2. The minimum atomic E-state index is -2.52. The number of alkyl halides is 2. The molecule has 0 aliphatic carbocycles. The van der Waals surface area contributed by atoms with Crippen molar-refractivity contribution in [3.63, 3.8) is 0 Å². The fourth-order valence-electron chi connectivity index (χ4n) is 2.23. The van der Waals surface area contributed by atoms with Gasteiger partial charge in [-0.3, -0.25) is 0 Å². The molecule has 6 nitrogen and oxygen atoms in total. The van der Waals surface area contributed by atoms with E-state index in [9.17, 15) is 8.78 Å². The molecule has 3 rings (SSSR count). The van der Waals surface area contributed by atoms with Crippen LogP contribution in [0.1, 0.15) is 5.82 Å². The highest BCUT2D eigenvalue weighted by atomic mass is 19.3. The molecule has 2 aromatic heterocycles. The molecule has 3 heterocycles. The molecule has 19 heavy (non-hydrogen) atoms. The van der Waals surface area contributed by atoms with Gasteiger partial charge in [-0.15, -0.1) is 5.10 Å². The first-order valence-electron chi connectivity index (χ1n) is 5.84. The van der Waals surface area contributed by atoms with Crippen LogP contribution in [0.25, 0.3) is 11.0 Å². The number of likely N-dealkylation sites (N-methyl/N-ethyl adjacent to an activating group) is 1. The van der Waals surface area contributed by atoms with Crippen molar-refractivity contribution in [1.82, 2.24) is 19.7 Å². The van der Waals surface area contributed by atoms with Gasteiger partial charge in [0.2, 0.25) is 5.88 Å². The second kappa shape index (κ2) is 4.01. The van der Waals surface area contributed by atoms with Crippen molar-refractivity contribution in [2.75, 3.05) is 18.6 Å². The third-order valence-corrected chi connectivity index (χ3v) is 3.26. The molecule has 0 radical (unpaired) electrons. The Morgan fingerprint density at radius 3 is 2.74 bits per heavy atom. The van der Waals surface area contributed by atoms with Crippen molar-refractivity contribution in [3.8, 4) is 5.88 Å². The lowest BCUT2D eigenvalue weighted by Gasteiger charge is -2.26. The summed E-state index contributed by atoms with van der Waals surface area (Å²) in [6, 6.07) is -1.04. The van der Waals surface area contributed by atoms with Gasteiger partial charge in [-0.1, -0.05) is 0 Å². The monoisotopic (exact) mass is 269 g/mol. The van der Waals surface area contributed by atoms with Crippen molar-refractivity contribution in [2.24, 2.45) is 7.05 Å². The van der Waals surface area contributed by atoms with Gasteiger partial charge < -0.3 is 9.64 Å². The lowest BCUT2D eigenvalue weighted by molar-refractivity contribution is 0.0876. The summed E-state index contributed by atoms with van der Waals surface area (Å²) in [6.45, 7) is 1.59. The highest BCUT2D eigenvalue weighted by molar-refractivity contribution is 5.92. The highest BCUT2D eigenvalue weighted by Crippen LogP contribution is 2.35. The molecular weight excluding hydrogens is 256 g/mol. The smallest absolute Gasteiger partial charge is 0.261 e. The minimum absolute atomic E-state index is 0.129. The SMILES string of the molecule is Cc1nc2c3c(nn(C)c3n1)OCC(C(F)F)N2C. The average molecular weight is 269 g/mol. The predicted molar refractivity (Wildman–Crippen MR) is 64.7 cm³/mol. The molecular formula is C11H13F2N5O. The van der Waals surface area contributed by atoms with Crippen LogP contribution < -0.4 is 9.64 Å². The summed E-state index contributed by atoms with van der Waals surface area (Å²) in [7, 11) is 3.32. The summed E-state index contributed by atoms with van der Waals surface area (Å²) >= 11 is 0. The zero-order valence-electron chi connectivity index (χ0n) is 10.8. The van der Waals surface area contributed by atoms with Crippen molar-refractivity contribution in [2.45, 2.75) is 19.4 Å². The van der Waals surface area contributed by atoms with Gasteiger partial charge in [0.05, 0.1) is 0 Å². The quantitative estimate of drug-likeness (QED) is 0.777. The maximum Gasteiger partial charge on any atom is 0.261 e. The zero-order valence-corrected chi connectivity index (χ0v) is 10.8. The van der Waals surface area contributed by atoms with Crippen LogP contribution in [0.15, 0.2) is 0 Å². The average Bonchev–Trinajstić information content (AvgIpc) is 2.57. The predicted octanol–water partition coefficient (Wildman–Crippen LogP) is 1.13. The van der Waals surface area contributed by atoms with Gasteiger partial charge in [0.15, 0.2) is 5.65 Å². The second-order valence-electron chi connectivity index (χ2n) is 4.55. The van der Waals surface area contributed by atoms with Crippen LogP contribution in [0.2, 0.25) is 0 Å². The molecule has 1 atom stereocenters. The van der Waals surface area contributed by atoms with E-state index in [1.54, 1.807) is 25.7 Å². The third-order valence-electron chi connectivity index (χ3n) is 3.26. The molecule has 2 aromatic rings. The molecule has 0 aromatic carbocycles. The Labute approximate surface area is 108 Å². The van der Waals surface area contributed by atoms with Gasteiger partial charge in [-0.05, 0) is 6.92 Å². The second-order valence-corrected chi connectivity index (χ2v) is 4.55. The van der Waals surface area contributed by atoms with Crippen LogP contribution in [0.3, 0.4) is 0 Å². The number of ether oxygens (including phenoxy) is 1. The summed E-state index contributed by atoms with van der Waals surface area (Å²) in [6.07, 6.45) is -2.52. The Bertz CT molecular complexity index is 642. The third kappa shape index (κ3) is 1.70. The first-order valence-corrected chi connectivity index (χ1v) is 5.84. The number of anilines is 1. The molecule has 0 bridgehead atoms. The van der Waals surface area contributed by atoms with Crippen molar-refractivity contribution in [3.05, 3.63) is 5.82 Å². The van der Waals surface area contributed by atoms with Crippen LogP contribution >= 0.6 is 0 Å². The number of hydrogen-bond acceptors (Lipinski definition) is 5. The van der Waals surface area contributed by atoms with Crippen LogP contribution in [-0.2, 0) is 7.05 Å². The standard InChI is InChI=1S/C11H13F2N5O/c1-5-14-9-7-10(15-5)18(3)16-11(7)19-4-6(8(12)13)17(9)2/h6,8H,4H2,1-3H3. The fourth-order valence-corrected chi connectivity index (χ4v) is 2.23. The van der Waals surface area contributed by atoms with E-state index < -0.39 is 12.5 Å². The molecule has 1 aliphatic rings. The minimum Gasteiger partial charge on any atom is -0.474 e. The van der Waals surface area contributed by atoms with Gasteiger partial charge in [-0.25, -0.2) is 23.4 Å². The Morgan fingerprint density at radius 2 is 2.05 bits per heavy atom. The molecule has 0 fully saturated rings. The van der Waals surface area contributed by atoms with Gasteiger partial charge in [-0.2, -0.15) is 0 Å². The van der Waals surface area contributed by atoms with Crippen molar-refractivity contribution in [1.29, 1.82) is 0 Å². The summed E-state index contributed by atoms with van der Waals surface area (Å²) < 4.78 is 33.1. The van der Waals surface area contributed by atoms with Crippen molar-refractivity contribution >= 4 is 16.9 Å². The Hall–Kier alpha value is -1.99. The maximum atomic E-state index is 13.1. The van der Waals surface area contributed by atoms with Gasteiger partial charge >= 0.3 is 0 Å². The first kappa shape index (κ1) is 12.1. The molecule has 1 unspecified atom stereocenters. The van der Waals surface area contributed by atoms with E-state index in [1.165, 1.54) is 4.90 Å². The van der Waals surface area contributed by atoms with Crippen LogP contribution in [0.4, 0.5) is 14.6 Å². The molecule has 8 heteroatoms. The Morgan fingerprint density at radius 1 is 1.32 bits per heavy atom. The highest BCUT2D eigenvalue weighted by Gasteiger charge is 2.33. The maximum absolute atomic E-state index is 13.1. The largest absolute Gasteiger partial charge is 0.474 e. The van der Waals surface area contributed by atoms with Gasteiger partial charge in [0.1, 0.15) is 29.7 Å². The molecule has 102 valence electrons. The Balaban J connectivity index is 2.27. The van der Waals surface area contributed by atoms with E-state index in [1.807, 2.05) is 0 Å². The van der Waals surface area contributed by atoms with E-state index in [-0.39, 0.29) is 6.61 Å². The zero-order chi connectivity index (χ0) is 13.7. The molecule has 0 N–H and O–H groups in total. The summed E-state index contributed by atoms with van der Waals surface area (Å²) in [4.78, 5) is 9.99. The number of nitrogens with zero attached hydrogens (tertiary/aromatic N) is 5. The number of hydrogen-bond donors (Lipinski definition) is 0. The van der Waals surface area contributed by atoms with Crippen molar-refractivity contribution < 1.29 is 13.5 Å². The number of halogens is 2. The summed E-state index contributed by atoms with van der Waals surface area (Å²) in [5, 5.41) is 4.75. The lowest BCUT2D eigenvalue weighted by atomic mass is 10.2. The van der Waals surface area contributed by atoms with E-state index in [2.05, 4.69) is 15.1 Å². The van der Waals surface area contributed by atoms with Crippen LogP contribution in [-0.4, -0.2) is 45.9 Å². The molecule has 1 aliphatic heterocycles. The normalized spacial score (nSPS) is 18.8. The summed E-state index contributed by atoms with van der Waals surface area (Å²) in [5.41, 5.74) is 0.583. The van der Waals surface area contributed by atoms with E-state index in [4.69, 9.17) is 4.74 Å².